The number of carbonyl (C=O) groups excluding carboxylic acids is 1. The Balaban J connectivity index is 1.95. The normalized spacial score (nSPS) is 11.3. The highest BCUT2D eigenvalue weighted by Gasteiger charge is 2.22. The minimum Gasteiger partial charge on any atom is -0.494 e. The number of benzene rings is 1. The Labute approximate surface area is 149 Å². The van der Waals surface area contributed by atoms with Crippen molar-refractivity contribution >= 4 is 21.7 Å². The summed E-state index contributed by atoms with van der Waals surface area (Å²) in [6, 6.07) is 7.03. The van der Waals surface area contributed by atoms with Crippen molar-refractivity contribution in [3.8, 4) is 11.4 Å². The van der Waals surface area contributed by atoms with Crippen LogP contribution >= 0.6 is 0 Å². The van der Waals surface area contributed by atoms with E-state index in [0.29, 0.717) is 11.4 Å². The maximum Gasteiger partial charge on any atom is 0.266 e. The van der Waals surface area contributed by atoms with Gasteiger partial charge >= 0.3 is 0 Å². The van der Waals surface area contributed by atoms with Crippen molar-refractivity contribution in [3.05, 3.63) is 48.4 Å². The van der Waals surface area contributed by atoms with Crippen molar-refractivity contribution in [1.82, 2.24) is 19.6 Å². The second kappa shape index (κ2) is 6.52. The molecule has 136 valence electrons. The lowest BCUT2D eigenvalue weighted by molar-refractivity contribution is 0.100. The molecule has 0 saturated heterocycles. The third-order valence-electron chi connectivity index (χ3n) is 3.53. The average molecular weight is 376 g/mol. The summed E-state index contributed by atoms with van der Waals surface area (Å²) in [5.41, 5.74) is 5.78. The first-order valence-electron chi connectivity index (χ1n) is 7.36. The largest absolute Gasteiger partial charge is 0.494 e. The van der Waals surface area contributed by atoms with Gasteiger partial charge in [-0.25, -0.2) is 13.1 Å². The van der Waals surface area contributed by atoms with E-state index in [9.17, 15) is 13.2 Å². The zero-order valence-corrected chi connectivity index (χ0v) is 14.8. The van der Waals surface area contributed by atoms with Crippen molar-refractivity contribution in [3.63, 3.8) is 0 Å². The first-order valence-corrected chi connectivity index (χ1v) is 8.84. The molecule has 0 aliphatic carbocycles. The van der Waals surface area contributed by atoms with E-state index in [2.05, 4.69) is 14.9 Å². The first kappa shape index (κ1) is 17.5. The van der Waals surface area contributed by atoms with E-state index in [0.717, 1.165) is 0 Å². The summed E-state index contributed by atoms with van der Waals surface area (Å²) in [4.78, 5) is 11.3. The minimum atomic E-state index is -4.02. The quantitative estimate of drug-likeness (QED) is 0.644. The van der Waals surface area contributed by atoms with Gasteiger partial charge in [-0.2, -0.15) is 10.2 Å². The Hall–Kier alpha value is -3.34. The molecule has 2 aromatic heterocycles. The summed E-state index contributed by atoms with van der Waals surface area (Å²) in [7, 11) is -0.967. The molecule has 3 N–H and O–H groups in total. The van der Waals surface area contributed by atoms with Gasteiger partial charge < -0.3 is 10.5 Å². The number of rotatable bonds is 6. The third kappa shape index (κ3) is 3.24. The van der Waals surface area contributed by atoms with Crippen LogP contribution in [0.3, 0.4) is 0 Å². The molecule has 0 saturated carbocycles. The summed E-state index contributed by atoms with van der Waals surface area (Å²) in [5, 5.41) is 7.98. The molecule has 0 spiro atoms. The van der Waals surface area contributed by atoms with E-state index in [1.807, 2.05) is 0 Å². The highest BCUT2D eigenvalue weighted by molar-refractivity contribution is 7.92. The molecule has 0 aliphatic heterocycles. The molecule has 1 aromatic carbocycles. The van der Waals surface area contributed by atoms with Gasteiger partial charge in [-0.1, -0.05) is 12.1 Å². The van der Waals surface area contributed by atoms with Crippen LogP contribution in [0.15, 0.2) is 47.8 Å². The van der Waals surface area contributed by atoms with Crippen molar-refractivity contribution in [1.29, 1.82) is 0 Å². The van der Waals surface area contributed by atoms with Crippen molar-refractivity contribution < 1.29 is 17.9 Å². The smallest absolute Gasteiger partial charge is 0.266 e. The number of primary amides is 1. The van der Waals surface area contributed by atoms with Gasteiger partial charge in [0.1, 0.15) is 21.9 Å². The van der Waals surface area contributed by atoms with E-state index in [1.165, 1.54) is 35.1 Å². The van der Waals surface area contributed by atoms with Crippen LogP contribution in [0.4, 0.5) is 5.82 Å². The maximum atomic E-state index is 12.6. The molecule has 26 heavy (non-hydrogen) atoms. The highest BCUT2D eigenvalue weighted by Crippen LogP contribution is 2.23. The number of nitrogens with one attached hydrogen (secondary N) is 1. The van der Waals surface area contributed by atoms with E-state index >= 15 is 0 Å². The molecular formula is C15H16N6O4S. The van der Waals surface area contributed by atoms with Gasteiger partial charge in [0.15, 0.2) is 5.82 Å². The predicted molar refractivity (Wildman–Crippen MR) is 92.7 cm³/mol. The zero-order valence-electron chi connectivity index (χ0n) is 13.9. The van der Waals surface area contributed by atoms with Crippen LogP contribution in [0.25, 0.3) is 5.69 Å². The summed E-state index contributed by atoms with van der Waals surface area (Å²) in [6.45, 7) is 0. The zero-order chi connectivity index (χ0) is 18.9. The molecular weight excluding hydrogens is 360 g/mol. The van der Waals surface area contributed by atoms with Gasteiger partial charge in [-0.3, -0.25) is 14.2 Å². The van der Waals surface area contributed by atoms with Gasteiger partial charge in [0.05, 0.1) is 19.5 Å². The lowest BCUT2D eigenvalue weighted by atomic mass is 10.3. The molecule has 0 fully saturated rings. The van der Waals surface area contributed by atoms with Crippen LogP contribution < -0.4 is 15.2 Å². The molecule has 11 heteroatoms. The number of hydrogen-bond donors (Lipinski definition) is 2. The molecule has 0 bridgehead atoms. The topological polar surface area (TPSA) is 134 Å². The molecule has 0 aliphatic rings. The lowest BCUT2D eigenvalue weighted by Gasteiger charge is -2.07. The molecule has 10 nitrogen and oxygen atoms in total. The van der Waals surface area contributed by atoms with Crippen LogP contribution in [-0.4, -0.2) is 41.0 Å². The van der Waals surface area contributed by atoms with E-state index < -0.39 is 15.9 Å². The number of anilines is 1. The Morgan fingerprint density at radius 1 is 1.27 bits per heavy atom. The summed E-state index contributed by atoms with van der Waals surface area (Å²) in [6.07, 6.45) is 3.84. The average Bonchev–Trinajstić information content (AvgIpc) is 3.22. The molecule has 1 amide bonds. The predicted octanol–water partition coefficient (Wildman–Crippen LogP) is 0.514. The Kier molecular flexibility index (Phi) is 4.38. The van der Waals surface area contributed by atoms with Crippen LogP contribution in [0.2, 0.25) is 0 Å². The van der Waals surface area contributed by atoms with Crippen molar-refractivity contribution in [2.75, 3.05) is 11.8 Å². The summed E-state index contributed by atoms with van der Waals surface area (Å²) < 4.78 is 35.3. The molecule has 3 rings (SSSR count). The van der Waals surface area contributed by atoms with Gasteiger partial charge in [0.25, 0.3) is 15.9 Å². The van der Waals surface area contributed by atoms with Crippen molar-refractivity contribution in [2.24, 2.45) is 12.8 Å². The van der Waals surface area contributed by atoms with E-state index in [1.54, 1.807) is 31.3 Å². The van der Waals surface area contributed by atoms with E-state index in [4.69, 9.17) is 10.5 Å². The maximum absolute atomic E-state index is 12.6. The van der Waals surface area contributed by atoms with Gasteiger partial charge in [-0.15, -0.1) is 0 Å². The van der Waals surface area contributed by atoms with Crippen LogP contribution in [-0.2, 0) is 17.1 Å². The van der Waals surface area contributed by atoms with Crippen LogP contribution in [0, 0.1) is 0 Å². The number of nitrogens with zero attached hydrogens (tertiary/aromatic N) is 4. The Bertz CT molecular complexity index is 1070. The number of carbonyl (C=O) groups is 1. The summed E-state index contributed by atoms with van der Waals surface area (Å²) >= 11 is 0. The number of amides is 1. The fourth-order valence-electron chi connectivity index (χ4n) is 2.33. The standard InChI is InChI=1S/C15H16N6O4S/c1-20-9-11(14(16)22)15(18-20)19-26(23,24)10-7-17-21(8-10)12-5-3-4-6-13(12)25-2/h3-9H,1-2H3,(H2,16,22)(H,18,19). The SMILES string of the molecule is COc1ccccc1-n1cc(S(=O)(=O)Nc2nn(C)cc2C(N)=O)cn1. The number of nitrogens with two attached hydrogens (primary N) is 1. The van der Waals surface area contributed by atoms with Crippen LogP contribution in [0.5, 0.6) is 5.75 Å². The minimum absolute atomic E-state index is 0.0341. The molecule has 0 atom stereocenters. The monoisotopic (exact) mass is 376 g/mol. The van der Waals surface area contributed by atoms with Gasteiger partial charge in [0.2, 0.25) is 0 Å². The van der Waals surface area contributed by atoms with Crippen molar-refractivity contribution in [2.45, 2.75) is 4.90 Å². The number of para-hydroxylation sites is 2. The number of methoxy groups -OCH3 is 1. The Morgan fingerprint density at radius 2 is 2.00 bits per heavy atom. The fraction of sp³-hybridized carbons (Fsp3) is 0.133. The second-order valence-electron chi connectivity index (χ2n) is 5.33. The molecule has 0 unspecified atom stereocenters. The fourth-order valence-corrected chi connectivity index (χ4v) is 3.27. The number of sulfonamides is 1. The lowest BCUT2D eigenvalue weighted by Crippen LogP contribution is -2.17. The van der Waals surface area contributed by atoms with E-state index in [-0.39, 0.29) is 16.3 Å². The summed E-state index contributed by atoms with van der Waals surface area (Å²) in [5.74, 6) is -0.404. The number of aryl methyl sites for hydroxylation is 1. The Morgan fingerprint density at radius 3 is 2.69 bits per heavy atom. The van der Waals surface area contributed by atoms with Crippen LogP contribution in [0.1, 0.15) is 10.4 Å². The first-order chi connectivity index (χ1) is 12.3. The van der Waals surface area contributed by atoms with Gasteiger partial charge in [-0.05, 0) is 12.1 Å². The molecule has 0 radical (unpaired) electrons. The van der Waals surface area contributed by atoms with Gasteiger partial charge in [0, 0.05) is 13.2 Å². The second-order valence-corrected chi connectivity index (χ2v) is 7.01. The number of hydrogen-bond acceptors (Lipinski definition) is 6. The molecule has 3 aromatic rings. The highest BCUT2D eigenvalue weighted by atomic mass is 32.2. The number of ether oxygens (including phenoxy) is 1. The number of aromatic nitrogens is 4. The third-order valence-corrected chi connectivity index (χ3v) is 4.82. The molecule has 2 heterocycles.